The highest BCUT2D eigenvalue weighted by atomic mass is 16.6. The topological polar surface area (TPSA) is 107 Å². The first-order valence-electron chi connectivity index (χ1n) is 5.93. The average molecular weight is 267 g/mol. The van der Waals surface area contributed by atoms with Gasteiger partial charge in [0.15, 0.2) is 0 Å². The van der Waals surface area contributed by atoms with Crippen LogP contribution in [0.3, 0.4) is 0 Å². The lowest BCUT2D eigenvalue weighted by atomic mass is 10.0. The monoisotopic (exact) mass is 267 g/mol. The largest absolute Gasteiger partial charge is 0.377 e. The molecule has 0 amide bonds. The molecule has 1 aliphatic rings. The number of nitrogens with two attached hydrogens (primary N) is 1. The van der Waals surface area contributed by atoms with Crippen LogP contribution in [-0.4, -0.2) is 35.2 Å². The van der Waals surface area contributed by atoms with Crippen molar-refractivity contribution in [2.45, 2.75) is 19.4 Å². The van der Waals surface area contributed by atoms with Gasteiger partial charge in [-0.3, -0.25) is 10.1 Å². The van der Waals surface area contributed by atoms with E-state index >= 15 is 0 Å². The van der Waals surface area contributed by atoms with Crippen molar-refractivity contribution in [2.75, 3.05) is 30.1 Å². The molecule has 0 radical (unpaired) electrons. The zero-order valence-electron chi connectivity index (χ0n) is 10.9. The molecule has 1 aromatic heterocycles. The molecule has 19 heavy (non-hydrogen) atoms. The Labute approximate surface area is 110 Å². The number of ether oxygens (including phenoxy) is 1. The second-order valence-corrected chi connectivity index (χ2v) is 4.96. The third-order valence-electron chi connectivity index (χ3n) is 3.10. The number of nitro groups is 1. The summed E-state index contributed by atoms with van der Waals surface area (Å²) in [6.45, 7) is 5.48. The zero-order chi connectivity index (χ0) is 14.0. The molecule has 0 unspecified atom stereocenters. The minimum absolute atomic E-state index is 0.0334. The van der Waals surface area contributed by atoms with E-state index in [1.807, 2.05) is 18.7 Å². The first-order valence-corrected chi connectivity index (χ1v) is 5.93. The Balaban J connectivity index is 2.49. The van der Waals surface area contributed by atoms with Gasteiger partial charge in [0.05, 0.1) is 23.7 Å². The van der Waals surface area contributed by atoms with Gasteiger partial charge >= 0.3 is 5.69 Å². The van der Waals surface area contributed by atoms with Crippen molar-refractivity contribution in [1.82, 2.24) is 4.98 Å². The molecule has 2 heterocycles. The molecular formula is C11H17N5O3. The lowest BCUT2D eigenvalue weighted by molar-refractivity contribution is -0.384. The number of nitrogen functional groups attached to an aromatic ring is 1. The smallest absolute Gasteiger partial charge is 0.311 e. The van der Waals surface area contributed by atoms with Gasteiger partial charge in [0.25, 0.3) is 0 Å². The van der Waals surface area contributed by atoms with Crippen LogP contribution < -0.4 is 16.2 Å². The Kier molecular flexibility index (Phi) is 3.54. The number of pyridine rings is 1. The molecule has 0 atom stereocenters. The van der Waals surface area contributed by atoms with E-state index in [1.165, 1.54) is 12.1 Å². The summed E-state index contributed by atoms with van der Waals surface area (Å²) in [7, 11) is 0. The number of morpholine rings is 1. The molecule has 2 rings (SSSR count). The molecule has 0 saturated carbocycles. The number of hydrogen-bond donors (Lipinski definition) is 2. The summed E-state index contributed by atoms with van der Waals surface area (Å²) < 4.78 is 5.41. The van der Waals surface area contributed by atoms with Crippen LogP contribution in [0.2, 0.25) is 0 Å². The van der Waals surface area contributed by atoms with Gasteiger partial charge in [-0.2, -0.15) is 0 Å². The van der Waals surface area contributed by atoms with Crippen LogP contribution >= 0.6 is 0 Å². The molecule has 1 aliphatic heterocycles. The van der Waals surface area contributed by atoms with Crippen LogP contribution in [0.1, 0.15) is 13.8 Å². The number of aromatic nitrogens is 1. The van der Waals surface area contributed by atoms with Gasteiger partial charge < -0.3 is 15.1 Å². The van der Waals surface area contributed by atoms with Crippen LogP contribution in [0, 0.1) is 10.1 Å². The number of rotatable bonds is 3. The number of anilines is 2. The summed E-state index contributed by atoms with van der Waals surface area (Å²) in [6, 6.07) is 2.89. The first-order chi connectivity index (χ1) is 8.95. The Morgan fingerprint density at radius 2 is 2.32 bits per heavy atom. The molecule has 1 saturated heterocycles. The van der Waals surface area contributed by atoms with E-state index in [0.717, 1.165) is 0 Å². The van der Waals surface area contributed by atoms with E-state index in [0.29, 0.717) is 31.4 Å². The van der Waals surface area contributed by atoms with Crippen molar-refractivity contribution in [2.24, 2.45) is 5.84 Å². The number of hydrogen-bond acceptors (Lipinski definition) is 7. The molecule has 8 nitrogen and oxygen atoms in total. The lowest BCUT2D eigenvalue weighted by Gasteiger charge is -2.42. The summed E-state index contributed by atoms with van der Waals surface area (Å²) in [4.78, 5) is 16.8. The minimum Gasteiger partial charge on any atom is -0.377 e. The molecular weight excluding hydrogens is 250 g/mol. The Bertz CT molecular complexity index is 491. The summed E-state index contributed by atoms with van der Waals surface area (Å²) in [6.07, 6.45) is 0. The van der Waals surface area contributed by atoms with Crippen molar-refractivity contribution < 1.29 is 9.66 Å². The van der Waals surface area contributed by atoms with Gasteiger partial charge in [0.2, 0.25) is 5.82 Å². The summed E-state index contributed by atoms with van der Waals surface area (Å²) >= 11 is 0. The van der Waals surface area contributed by atoms with Crippen LogP contribution in [0.5, 0.6) is 0 Å². The fraction of sp³-hybridized carbons (Fsp3) is 0.545. The van der Waals surface area contributed by atoms with Gasteiger partial charge in [-0.1, -0.05) is 0 Å². The lowest BCUT2D eigenvalue weighted by Crippen LogP contribution is -2.53. The second kappa shape index (κ2) is 4.98. The van der Waals surface area contributed by atoms with E-state index in [9.17, 15) is 10.1 Å². The standard InChI is InChI=1S/C11H17N5O3/c1-11(2)7-19-6-5-15(11)10-8(16(17)18)3-4-9(13-10)14-12/h3-4H,5-7,12H2,1-2H3,(H,13,14). The van der Waals surface area contributed by atoms with Gasteiger partial charge in [-0.15, -0.1) is 0 Å². The van der Waals surface area contributed by atoms with Gasteiger partial charge in [0, 0.05) is 12.6 Å². The van der Waals surface area contributed by atoms with E-state index in [2.05, 4.69) is 10.4 Å². The third-order valence-corrected chi connectivity index (χ3v) is 3.10. The average Bonchev–Trinajstić information content (AvgIpc) is 2.37. The van der Waals surface area contributed by atoms with Crippen molar-refractivity contribution in [3.8, 4) is 0 Å². The van der Waals surface area contributed by atoms with E-state index in [-0.39, 0.29) is 11.2 Å². The molecule has 0 spiro atoms. The Morgan fingerprint density at radius 1 is 1.58 bits per heavy atom. The maximum atomic E-state index is 11.1. The number of hydrazine groups is 1. The minimum atomic E-state index is -0.436. The first kappa shape index (κ1) is 13.5. The van der Waals surface area contributed by atoms with Crippen molar-refractivity contribution in [3.05, 3.63) is 22.2 Å². The molecule has 3 N–H and O–H groups in total. The predicted molar refractivity (Wildman–Crippen MR) is 70.9 cm³/mol. The van der Waals surface area contributed by atoms with Gasteiger partial charge in [0.1, 0.15) is 5.82 Å². The second-order valence-electron chi connectivity index (χ2n) is 4.96. The highest BCUT2D eigenvalue weighted by molar-refractivity contribution is 5.63. The van der Waals surface area contributed by atoms with E-state index < -0.39 is 4.92 Å². The van der Waals surface area contributed by atoms with E-state index in [1.54, 1.807) is 0 Å². The SMILES string of the molecule is CC1(C)COCCN1c1nc(NN)ccc1[N+](=O)[O-]. The van der Waals surface area contributed by atoms with Crippen molar-refractivity contribution in [1.29, 1.82) is 0 Å². The fourth-order valence-corrected chi connectivity index (χ4v) is 2.11. The molecule has 0 aromatic carbocycles. The predicted octanol–water partition coefficient (Wildman–Crippen LogP) is 0.891. The molecule has 0 aliphatic carbocycles. The number of nitrogens with one attached hydrogen (secondary N) is 1. The highest BCUT2D eigenvalue weighted by Gasteiger charge is 2.35. The summed E-state index contributed by atoms with van der Waals surface area (Å²) in [5, 5.41) is 11.1. The normalized spacial score (nSPS) is 18.2. The van der Waals surface area contributed by atoms with E-state index in [4.69, 9.17) is 10.6 Å². The maximum Gasteiger partial charge on any atom is 0.311 e. The molecule has 1 fully saturated rings. The Morgan fingerprint density at radius 3 is 2.89 bits per heavy atom. The van der Waals surface area contributed by atoms with Gasteiger partial charge in [-0.05, 0) is 19.9 Å². The Hall–Kier alpha value is -1.93. The summed E-state index contributed by atoms with van der Waals surface area (Å²) in [5.41, 5.74) is 2.02. The molecule has 1 aromatic rings. The van der Waals surface area contributed by atoms with Crippen LogP contribution in [0.15, 0.2) is 12.1 Å². The fourth-order valence-electron chi connectivity index (χ4n) is 2.11. The third kappa shape index (κ3) is 2.59. The zero-order valence-corrected chi connectivity index (χ0v) is 10.9. The van der Waals surface area contributed by atoms with Crippen molar-refractivity contribution >= 4 is 17.3 Å². The highest BCUT2D eigenvalue weighted by Crippen LogP contribution is 2.33. The maximum absolute atomic E-state index is 11.1. The van der Waals surface area contributed by atoms with Crippen LogP contribution in [0.4, 0.5) is 17.3 Å². The summed E-state index contributed by atoms with van der Waals surface area (Å²) in [5.74, 6) is 6.02. The van der Waals surface area contributed by atoms with Crippen LogP contribution in [0.25, 0.3) is 0 Å². The molecule has 0 bridgehead atoms. The van der Waals surface area contributed by atoms with Crippen LogP contribution in [-0.2, 0) is 4.74 Å². The molecule has 104 valence electrons. The quantitative estimate of drug-likeness (QED) is 0.475. The number of nitrogens with zero attached hydrogens (tertiary/aromatic N) is 3. The van der Waals surface area contributed by atoms with Crippen molar-refractivity contribution in [3.63, 3.8) is 0 Å². The van der Waals surface area contributed by atoms with Gasteiger partial charge in [-0.25, -0.2) is 10.8 Å². The molecule has 8 heteroatoms.